The lowest BCUT2D eigenvalue weighted by Gasteiger charge is -2.40. The van der Waals surface area contributed by atoms with Crippen LogP contribution in [0.1, 0.15) is 22.8 Å². The number of hydrogen-bond donors (Lipinski definition) is 5. The molecule has 1 aliphatic rings. The summed E-state index contributed by atoms with van der Waals surface area (Å²) in [6.45, 7) is 1.81. The Hall–Kier alpha value is -4.50. The van der Waals surface area contributed by atoms with E-state index < -0.39 is 73.6 Å². The predicted molar refractivity (Wildman–Crippen MR) is 169 cm³/mol. The van der Waals surface area contributed by atoms with E-state index >= 15 is 4.39 Å². The average molecular weight is 726 g/mol. The molecule has 5 N–H and O–H groups in total. The number of halogens is 3. The van der Waals surface area contributed by atoms with Gasteiger partial charge in [0.2, 0.25) is 5.43 Å². The number of benzene rings is 3. The van der Waals surface area contributed by atoms with Gasteiger partial charge in [-0.1, -0.05) is 12.1 Å². The average Bonchev–Trinajstić information content (AvgIpc) is 2.99. The molecule has 0 radical (unpaired) electrons. The van der Waals surface area contributed by atoms with E-state index in [1.54, 1.807) is 11.8 Å². The molecule has 19 heteroatoms. The first-order valence-corrected chi connectivity index (χ1v) is 17.7. The summed E-state index contributed by atoms with van der Waals surface area (Å²) in [5, 5.41) is 6.97. The van der Waals surface area contributed by atoms with E-state index in [9.17, 15) is 57.0 Å². The predicted octanol–water partition coefficient (Wildman–Crippen LogP) is 4.04. The minimum Gasteiger partial charge on any atom is -0.477 e. The van der Waals surface area contributed by atoms with Gasteiger partial charge in [0.05, 0.1) is 16.9 Å². The van der Waals surface area contributed by atoms with Crippen LogP contribution in [0.5, 0.6) is 5.75 Å². The van der Waals surface area contributed by atoms with Gasteiger partial charge >= 0.3 is 27.3 Å². The van der Waals surface area contributed by atoms with Crippen molar-refractivity contribution < 1.29 is 61.3 Å². The first kappa shape index (κ1) is 35.8. The summed E-state index contributed by atoms with van der Waals surface area (Å²) in [4.78, 5) is 78.1. The molecule has 1 fully saturated rings. The van der Waals surface area contributed by atoms with Gasteiger partial charge in [0.25, 0.3) is 0 Å². The van der Waals surface area contributed by atoms with Crippen molar-refractivity contribution in [3.8, 4) is 11.4 Å². The lowest BCUT2D eigenvalue weighted by Crippen LogP contribution is -2.55. The fourth-order valence-corrected chi connectivity index (χ4v) is 8.02. The van der Waals surface area contributed by atoms with Crippen LogP contribution in [0.15, 0.2) is 65.6 Å². The fraction of sp³-hybridized carbons (Fsp3) is 0.233. The number of fused-ring (bicyclic) bond motifs is 1. The summed E-state index contributed by atoms with van der Waals surface area (Å²) in [6.07, 6.45) is -0.547. The van der Waals surface area contributed by atoms with Crippen molar-refractivity contribution in [2.45, 2.75) is 24.8 Å². The monoisotopic (exact) mass is 725 g/mol. The minimum absolute atomic E-state index is 0.0269. The van der Waals surface area contributed by atoms with E-state index in [2.05, 4.69) is 0 Å². The quantitative estimate of drug-likeness (QED) is 0.163. The van der Waals surface area contributed by atoms with Gasteiger partial charge in [-0.25, -0.2) is 22.8 Å². The highest BCUT2D eigenvalue weighted by atomic mass is 31.2. The van der Waals surface area contributed by atoms with Gasteiger partial charge in [-0.05, 0) is 55.3 Å². The van der Waals surface area contributed by atoms with Crippen LogP contribution in [0.25, 0.3) is 16.6 Å². The maximum absolute atomic E-state index is 15.5. The van der Waals surface area contributed by atoms with Crippen LogP contribution in [0.2, 0.25) is 0 Å². The van der Waals surface area contributed by atoms with E-state index in [0.717, 1.165) is 29.0 Å². The van der Waals surface area contributed by atoms with Crippen LogP contribution < -0.4 is 15.1 Å². The molecular weight excluding hydrogens is 697 g/mol. The molecule has 2 heterocycles. The number of hydrogen-bond acceptors (Lipinski definition) is 7. The van der Waals surface area contributed by atoms with Gasteiger partial charge in [0.1, 0.15) is 28.8 Å². The lowest BCUT2D eigenvalue weighted by atomic mass is 10.1. The summed E-state index contributed by atoms with van der Waals surface area (Å²) < 4.78 is 73.6. The third-order valence-electron chi connectivity index (χ3n) is 8.00. The highest BCUT2D eigenvalue weighted by Gasteiger charge is 2.43. The summed E-state index contributed by atoms with van der Waals surface area (Å²) in [5.74, 6) is -4.45. The standard InChI is InChI=1S/C30H28F3N3O11P2/c1-16-14-34(8-9-35(16)30(40)47-19-5-2-17(3-6-19)10-27(48(41,42)43)49(44,45)46)26-13-25-20(12-23(26)33)28(37)21(29(38)39)15-36(25)24-7-4-18(31)11-22(24)32/h2-7,11-13,15-16,27H,8-10,14H2,1H3,(H,38,39)(H2,41,42,43)(H2,44,45,46). The maximum Gasteiger partial charge on any atom is 0.415 e. The molecule has 0 aliphatic carbocycles. The number of carboxylic acids is 1. The first-order chi connectivity index (χ1) is 22.8. The SMILES string of the molecule is CC1CN(c2cc3c(cc2F)c(=O)c(C(=O)O)cn3-c2ccc(F)cc2F)CCN1C(=O)Oc1ccc(CC(P(=O)(O)O)P(=O)(O)O)cc1. The van der Waals surface area contributed by atoms with E-state index in [4.69, 9.17) is 4.74 Å². The zero-order valence-electron chi connectivity index (χ0n) is 25.3. The zero-order valence-corrected chi connectivity index (χ0v) is 27.1. The van der Waals surface area contributed by atoms with E-state index in [-0.39, 0.29) is 53.2 Å². The van der Waals surface area contributed by atoms with Crippen molar-refractivity contribution >= 4 is 43.8 Å². The molecule has 1 atom stereocenters. The van der Waals surface area contributed by atoms with Gasteiger partial charge in [0, 0.05) is 43.3 Å². The van der Waals surface area contributed by atoms with Crippen molar-refractivity contribution in [1.82, 2.24) is 9.47 Å². The molecule has 14 nitrogen and oxygen atoms in total. The molecule has 1 aliphatic heterocycles. The molecular formula is C30H28F3N3O11P2. The third kappa shape index (κ3) is 7.57. The van der Waals surface area contributed by atoms with E-state index in [0.29, 0.717) is 6.07 Å². The van der Waals surface area contributed by atoms with E-state index in [1.807, 2.05) is 0 Å². The number of anilines is 1. The van der Waals surface area contributed by atoms with Crippen LogP contribution in [0.4, 0.5) is 23.7 Å². The van der Waals surface area contributed by atoms with Crippen LogP contribution in [0.3, 0.4) is 0 Å². The highest BCUT2D eigenvalue weighted by molar-refractivity contribution is 7.70. The molecule has 0 bridgehead atoms. The number of carbonyl (C=O) groups is 2. The Morgan fingerprint density at radius 2 is 1.55 bits per heavy atom. The number of carbonyl (C=O) groups excluding carboxylic acids is 1. The molecule has 1 saturated heterocycles. The first-order valence-electron chi connectivity index (χ1n) is 14.4. The Balaban J connectivity index is 1.36. The topological polar surface area (TPSA) is 207 Å². The van der Waals surface area contributed by atoms with E-state index in [1.165, 1.54) is 35.2 Å². The maximum atomic E-state index is 15.5. The molecule has 3 aromatic carbocycles. The van der Waals surface area contributed by atoms with Crippen LogP contribution in [0, 0.1) is 17.5 Å². The van der Waals surface area contributed by atoms with Crippen molar-refractivity contribution in [3.05, 3.63) is 99.6 Å². The normalized spacial score (nSPS) is 15.6. The number of carboxylic acid groups (broad SMARTS) is 1. The molecule has 1 amide bonds. The molecule has 260 valence electrons. The number of pyridine rings is 1. The van der Waals surface area contributed by atoms with Gasteiger partial charge in [-0.2, -0.15) is 0 Å². The molecule has 1 unspecified atom stereocenters. The largest absolute Gasteiger partial charge is 0.477 e. The van der Waals surface area contributed by atoms with Crippen molar-refractivity contribution in [3.63, 3.8) is 0 Å². The second-order valence-electron chi connectivity index (χ2n) is 11.3. The number of amides is 1. The summed E-state index contributed by atoms with van der Waals surface area (Å²) >= 11 is 0. The smallest absolute Gasteiger partial charge is 0.415 e. The van der Waals surface area contributed by atoms with Crippen LogP contribution >= 0.6 is 15.2 Å². The minimum atomic E-state index is -5.14. The Kier molecular flexibility index (Phi) is 9.81. The number of nitrogens with zero attached hydrogens (tertiary/aromatic N) is 3. The van der Waals surface area contributed by atoms with Gasteiger partial charge in [-0.3, -0.25) is 13.9 Å². The van der Waals surface area contributed by atoms with Crippen LogP contribution in [-0.4, -0.2) is 77.3 Å². The van der Waals surface area contributed by atoms with Gasteiger partial charge in [0.15, 0.2) is 5.40 Å². The number of piperazine rings is 1. The number of aromatic carboxylic acids is 1. The number of rotatable bonds is 8. The molecule has 0 saturated carbocycles. The second-order valence-corrected chi connectivity index (χ2v) is 15.3. The summed E-state index contributed by atoms with van der Waals surface area (Å²) in [7, 11) is -10.3. The zero-order chi connectivity index (χ0) is 36.0. The Bertz CT molecular complexity index is 2100. The molecule has 49 heavy (non-hydrogen) atoms. The molecule has 0 spiro atoms. The molecule has 4 aromatic rings. The summed E-state index contributed by atoms with van der Waals surface area (Å²) in [5.41, 5.74) is -1.98. The molecule has 1 aromatic heterocycles. The lowest BCUT2D eigenvalue weighted by molar-refractivity contribution is 0.0694. The summed E-state index contributed by atoms with van der Waals surface area (Å²) in [6, 6.07) is 9.23. The van der Waals surface area contributed by atoms with Crippen molar-refractivity contribution in [1.29, 1.82) is 0 Å². The van der Waals surface area contributed by atoms with Crippen molar-refractivity contribution in [2.75, 3.05) is 24.5 Å². The highest BCUT2D eigenvalue weighted by Crippen LogP contribution is 2.60. The Morgan fingerprint density at radius 1 is 0.918 bits per heavy atom. The number of aromatic nitrogens is 1. The Morgan fingerprint density at radius 3 is 2.12 bits per heavy atom. The van der Waals surface area contributed by atoms with Crippen molar-refractivity contribution in [2.24, 2.45) is 0 Å². The van der Waals surface area contributed by atoms with Gasteiger partial charge < -0.3 is 43.8 Å². The Labute approximate surface area is 274 Å². The second kappa shape index (κ2) is 13.4. The fourth-order valence-electron chi connectivity index (χ4n) is 5.55. The third-order valence-corrected chi connectivity index (χ3v) is 11.7. The molecule has 5 rings (SSSR count). The number of ether oxygens (including phenoxy) is 1. The van der Waals surface area contributed by atoms with Gasteiger partial charge in [-0.15, -0.1) is 0 Å². The van der Waals surface area contributed by atoms with Crippen LogP contribution in [-0.2, 0) is 15.6 Å².